The number of hydrogen-bond acceptors (Lipinski definition) is 2. The molecule has 0 aromatic heterocycles. The minimum Gasteiger partial charge on any atom is -0.372 e. The van der Waals surface area contributed by atoms with E-state index in [9.17, 15) is 13.2 Å². The van der Waals surface area contributed by atoms with Gasteiger partial charge in [0.1, 0.15) is 6.61 Å². The molecule has 0 aromatic carbocycles. The van der Waals surface area contributed by atoms with Gasteiger partial charge in [0.15, 0.2) is 0 Å². The first-order valence-corrected chi connectivity index (χ1v) is 8.02. The molecule has 0 aromatic rings. The largest absolute Gasteiger partial charge is 0.411 e. The van der Waals surface area contributed by atoms with Crippen molar-refractivity contribution < 1.29 is 17.9 Å². The lowest BCUT2D eigenvalue weighted by Crippen LogP contribution is -2.45. The second kappa shape index (κ2) is 7.82. The number of halogens is 3. The van der Waals surface area contributed by atoms with E-state index in [1.165, 1.54) is 32.1 Å². The van der Waals surface area contributed by atoms with Gasteiger partial charge >= 0.3 is 6.18 Å². The highest BCUT2D eigenvalue weighted by molar-refractivity contribution is 4.87. The molecule has 1 aliphatic carbocycles. The van der Waals surface area contributed by atoms with E-state index in [0.717, 1.165) is 13.0 Å². The van der Waals surface area contributed by atoms with Crippen LogP contribution in [0.4, 0.5) is 13.2 Å². The highest BCUT2D eigenvalue weighted by Gasteiger charge is 2.32. The molecule has 1 aliphatic rings. The van der Waals surface area contributed by atoms with Crippen LogP contribution in [0, 0.1) is 5.41 Å². The Hall–Kier alpha value is -0.290. The monoisotopic (exact) mass is 309 g/mol. The molecule has 0 heterocycles. The Morgan fingerprint density at radius 3 is 2.19 bits per heavy atom. The lowest BCUT2D eigenvalue weighted by molar-refractivity contribution is -0.174. The zero-order chi connectivity index (χ0) is 16.0. The Morgan fingerprint density at radius 2 is 1.67 bits per heavy atom. The van der Waals surface area contributed by atoms with Crippen molar-refractivity contribution in [1.29, 1.82) is 0 Å². The quantitative estimate of drug-likeness (QED) is 0.689. The van der Waals surface area contributed by atoms with Crippen molar-refractivity contribution in [1.82, 2.24) is 5.32 Å². The predicted molar refractivity (Wildman–Crippen MR) is 79.4 cm³/mol. The van der Waals surface area contributed by atoms with Crippen LogP contribution in [0.15, 0.2) is 0 Å². The van der Waals surface area contributed by atoms with Gasteiger partial charge in [0.25, 0.3) is 0 Å². The van der Waals surface area contributed by atoms with E-state index < -0.39 is 12.8 Å². The summed E-state index contributed by atoms with van der Waals surface area (Å²) in [5, 5.41) is 3.58. The fourth-order valence-electron chi connectivity index (χ4n) is 3.01. The van der Waals surface area contributed by atoms with Gasteiger partial charge in [0.2, 0.25) is 0 Å². The fourth-order valence-corrected chi connectivity index (χ4v) is 3.01. The SMILES string of the molecule is CC(C)(C)NCC1(CCCOCC(F)(F)F)CCCCC1. The molecule has 126 valence electrons. The molecule has 1 rings (SSSR count). The Morgan fingerprint density at radius 1 is 1.05 bits per heavy atom. The van der Waals surface area contributed by atoms with Crippen molar-refractivity contribution in [2.75, 3.05) is 19.8 Å². The zero-order valence-electron chi connectivity index (χ0n) is 13.6. The smallest absolute Gasteiger partial charge is 0.372 e. The highest BCUT2D eigenvalue weighted by Crippen LogP contribution is 2.40. The van der Waals surface area contributed by atoms with Crippen LogP contribution in [0.25, 0.3) is 0 Å². The van der Waals surface area contributed by atoms with Crippen LogP contribution in [-0.4, -0.2) is 31.5 Å². The average molecular weight is 309 g/mol. The van der Waals surface area contributed by atoms with Gasteiger partial charge in [-0.3, -0.25) is 0 Å². The number of ether oxygens (including phenoxy) is 1. The molecular weight excluding hydrogens is 279 g/mol. The van der Waals surface area contributed by atoms with E-state index in [2.05, 4.69) is 26.1 Å². The topological polar surface area (TPSA) is 21.3 Å². The Kier molecular flexibility index (Phi) is 6.98. The van der Waals surface area contributed by atoms with Crippen molar-refractivity contribution >= 4 is 0 Å². The van der Waals surface area contributed by atoms with Crippen molar-refractivity contribution in [3.05, 3.63) is 0 Å². The lowest BCUT2D eigenvalue weighted by Gasteiger charge is -2.40. The Labute approximate surface area is 126 Å². The first-order chi connectivity index (χ1) is 9.62. The summed E-state index contributed by atoms with van der Waals surface area (Å²) >= 11 is 0. The van der Waals surface area contributed by atoms with E-state index in [1.807, 2.05) is 0 Å². The minimum absolute atomic E-state index is 0.0806. The Balaban J connectivity index is 2.36. The zero-order valence-corrected chi connectivity index (χ0v) is 13.6. The third kappa shape index (κ3) is 8.67. The summed E-state index contributed by atoms with van der Waals surface area (Å²) in [6.07, 6.45) is 3.54. The molecule has 0 aliphatic heterocycles. The fraction of sp³-hybridized carbons (Fsp3) is 1.00. The maximum Gasteiger partial charge on any atom is 0.411 e. The van der Waals surface area contributed by atoms with Gasteiger partial charge in [-0.2, -0.15) is 13.2 Å². The maximum absolute atomic E-state index is 12.0. The van der Waals surface area contributed by atoms with Crippen LogP contribution in [-0.2, 0) is 4.74 Å². The van der Waals surface area contributed by atoms with Crippen molar-refractivity contribution in [2.24, 2.45) is 5.41 Å². The van der Waals surface area contributed by atoms with E-state index in [4.69, 9.17) is 4.74 Å². The van der Waals surface area contributed by atoms with E-state index in [1.54, 1.807) is 0 Å². The van der Waals surface area contributed by atoms with Crippen molar-refractivity contribution in [3.8, 4) is 0 Å². The molecule has 1 fully saturated rings. The number of nitrogens with one attached hydrogen (secondary N) is 1. The lowest BCUT2D eigenvalue weighted by atomic mass is 9.71. The van der Waals surface area contributed by atoms with Crippen molar-refractivity contribution in [3.63, 3.8) is 0 Å². The third-order valence-corrected chi connectivity index (χ3v) is 4.17. The molecule has 1 saturated carbocycles. The van der Waals surface area contributed by atoms with Crippen LogP contribution in [0.3, 0.4) is 0 Å². The number of rotatable bonds is 7. The molecule has 1 N–H and O–H groups in total. The summed E-state index contributed by atoms with van der Waals surface area (Å²) in [7, 11) is 0. The van der Waals surface area contributed by atoms with Crippen LogP contribution in [0.1, 0.15) is 65.7 Å². The summed E-state index contributed by atoms with van der Waals surface area (Å²) in [5.41, 5.74) is 0.324. The van der Waals surface area contributed by atoms with E-state index in [0.29, 0.717) is 6.42 Å². The highest BCUT2D eigenvalue weighted by atomic mass is 19.4. The Bertz CT molecular complexity index is 291. The normalized spacial score (nSPS) is 19.7. The molecule has 0 radical (unpaired) electrons. The molecule has 0 unspecified atom stereocenters. The maximum atomic E-state index is 12.0. The van der Waals surface area contributed by atoms with Gasteiger partial charge in [0, 0.05) is 18.7 Å². The number of alkyl halides is 3. The summed E-state index contributed by atoms with van der Waals surface area (Å²) in [6, 6.07) is 0. The second-order valence-electron chi connectivity index (χ2n) is 7.44. The van der Waals surface area contributed by atoms with Gasteiger partial charge < -0.3 is 10.1 Å². The van der Waals surface area contributed by atoms with E-state index in [-0.39, 0.29) is 17.6 Å². The van der Waals surface area contributed by atoms with Crippen LogP contribution in [0.5, 0.6) is 0 Å². The van der Waals surface area contributed by atoms with Gasteiger partial charge in [-0.15, -0.1) is 0 Å². The van der Waals surface area contributed by atoms with Crippen molar-refractivity contribution in [2.45, 2.75) is 77.4 Å². The molecule has 2 nitrogen and oxygen atoms in total. The van der Waals surface area contributed by atoms with Gasteiger partial charge in [-0.25, -0.2) is 0 Å². The number of hydrogen-bond donors (Lipinski definition) is 1. The molecule has 21 heavy (non-hydrogen) atoms. The second-order valence-corrected chi connectivity index (χ2v) is 7.44. The first kappa shape index (κ1) is 18.8. The molecule has 0 spiro atoms. The van der Waals surface area contributed by atoms with Gasteiger partial charge in [0.05, 0.1) is 0 Å². The summed E-state index contributed by atoms with van der Waals surface area (Å²) in [4.78, 5) is 0. The summed E-state index contributed by atoms with van der Waals surface area (Å²) in [5.74, 6) is 0. The van der Waals surface area contributed by atoms with Crippen LogP contribution >= 0.6 is 0 Å². The predicted octanol–water partition coefficient (Wildman–Crippen LogP) is 4.68. The van der Waals surface area contributed by atoms with E-state index >= 15 is 0 Å². The molecule has 0 atom stereocenters. The molecule has 5 heteroatoms. The minimum atomic E-state index is -4.21. The molecule has 0 saturated heterocycles. The van der Waals surface area contributed by atoms with Crippen LogP contribution < -0.4 is 5.32 Å². The van der Waals surface area contributed by atoms with Gasteiger partial charge in [-0.1, -0.05) is 19.3 Å². The standard InChI is InChI=1S/C16H30F3NO/c1-14(2,3)20-12-15(8-5-4-6-9-15)10-7-11-21-13-16(17,18)19/h20H,4-13H2,1-3H3. The molecule has 0 amide bonds. The van der Waals surface area contributed by atoms with Gasteiger partial charge in [-0.05, 0) is 51.9 Å². The molecule has 0 bridgehead atoms. The molecular formula is C16H30F3NO. The summed E-state index contributed by atoms with van der Waals surface area (Å²) < 4.78 is 40.8. The third-order valence-electron chi connectivity index (χ3n) is 4.17. The summed E-state index contributed by atoms with van der Waals surface area (Å²) in [6.45, 7) is 6.48. The van der Waals surface area contributed by atoms with Crippen LogP contribution in [0.2, 0.25) is 0 Å². The average Bonchev–Trinajstić information content (AvgIpc) is 2.35. The first-order valence-electron chi connectivity index (χ1n) is 8.02.